The maximum Gasteiger partial charge on any atom is 0.469 e. The number of amides is 1. The average molecular weight is 431 g/mol. The minimum absolute atomic E-state index is 0.155. The second-order valence-electron chi connectivity index (χ2n) is 10.7. The zero-order valence-electron chi connectivity index (χ0n) is 19.6. The quantitative estimate of drug-likeness (QED) is 0.665. The number of hydrogen-bond donors (Lipinski definition) is 2. The molecule has 1 aliphatic heterocycles. The van der Waals surface area contributed by atoms with Crippen LogP contribution in [0.15, 0.2) is 24.3 Å². The molecule has 1 amide bonds. The summed E-state index contributed by atoms with van der Waals surface area (Å²) < 4.78 is 17.8. The summed E-state index contributed by atoms with van der Waals surface area (Å²) in [4.78, 5) is 23.8. The number of carbonyl (C=O) groups excluding carboxylic acids is 1. The maximum absolute atomic E-state index is 12.1. The number of hydrogen-bond acceptors (Lipinski definition) is 5. The Kier molecular flexibility index (Phi) is 5.95. The second kappa shape index (κ2) is 7.82. The zero-order chi connectivity index (χ0) is 23.2. The lowest BCUT2D eigenvalue weighted by atomic mass is 9.64. The molecule has 3 rings (SSSR count). The number of nitrogens with one attached hydrogen (secondary N) is 1. The molecular formula is C23H34BNO6. The number of carbonyl (C=O) groups is 2. The van der Waals surface area contributed by atoms with E-state index in [4.69, 9.17) is 14.0 Å². The monoisotopic (exact) mass is 431 g/mol. The molecule has 1 aromatic rings. The molecule has 31 heavy (non-hydrogen) atoms. The van der Waals surface area contributed by atoms with Crippen molar-refractivity contribution in [1.82, 2.24) is 5.32 Å². The molecular weight excluding hydrogens is 397 g/mol. The third kappa shape index (κ3) is 5.06. The van der Waals surface area contributed by atoms with E-state index in [1.807, 2.05) is 52.0 Å². The van der Waals surface area contributed by atoms with Gasteiger partial charge in [0, 0.05) is 11.7 Å². The molecule has 7 nitrogen and oxygen atoms in total. The van der Waals surface area contributed by atoms with Crippen molar-refractivity contribution in [2.75, 3.05) is 0 Å². The standard InChI is InChI=1S/C23H34BNO6/c1-20(2,3)29-19(28)25-17(18(26)27)14-15-9-8-10-16(13-15)23(11-12-23)24-30-21(4,5)22(6,7)31-24/h8-10,13,17H,11-12,14H2,1-7H3,(H,25,28)(H,26,27)/t17-/m0/s1. The summed E-state index contributed by atoms with van der Waals surface area (Å²) >= 11 is 0. The van der Waals surface area contributed by atoms with Crippen molar-refractivity contribution < 1.29 is 28.7 Å². The van der Waals surface area contributed by atoms with Gasteiger partial charge in [-0.1, -0.05) is 24.3 Å². The Morgan fingerprint density at radius 1 is 1.16 bits per heavy atom. The molecule has 2 fully saturated rings. The van der Waals surface area contributed by atoms with Crippen LogP contribution in [0.4, 0.5) is 4.79 Å². The van der Waals surface area contributed by atoms with Crippen molar-refractivity contribution in [3.63, 3.8) is 0 Å². The first kappa shape index (κ1) is 23.6. The Hall–Kier alpha value is -2.06. The van der Waals surface area contributed by atoms with Gasteiger partial charge in [0.05, 0.1) is 11.2 Å². The van der Waals surface area contributed by atoms with Crippen molar-refractivity contribution in [2.45, 2.75) is 95.9 Å². The molecule has 1 heterocycles. The van der Waals surface area contributed by atoms with Crippen LogP contribution in [0, 0.1) is 0 Å². The minimum Gasteiger partial charge on any atom is -0.480 e. The van der Waals surface area contributed by atoms with Gasteiger partial charge >= 0.3 is 19.2 Å². The zero-order valence-corrected chi connectivity index (χ0v) is 19.6. The van der Waals surface area contributed by atoms with E-state index in [9.17, 15) is 14.7 Å². The van der Waals surface area contributed by atoms with Gasteiger partial charge < -0.3 is 24.5 Å². The number of aliphatic carboxylic acids is 1. The third-order valence-electron chi connectivity index (χ3n) is 6.42. The fourth-order valence-corrected chi connectivity index (χ4v) is 3.76. The van der Waals surface area contributed by atoms with Crippen LogP contribution in [0.2, 0.25) is 0 Å². The Labute approximate surface area is 185 Å². The van der Waals surface area contributed by atoms with Gasteiger partial charge in [-0.05, 0) is 72.4 Å². The number of alkyl carbamates (subject to hydrolysis) is 1. The van der Waals surface area contributed by atoms with Crippen LogP contribution in [0.25, 0.3) is 0 Å². The smallest absolute Gasteiger partial charge is 0.469 e. The van der Waals surface area contributed by atoms with E-state index in [1.165, 1.54) is 0 Å². The van der Waals surface area contributed by atoms with Crippen LogP contribution in [0.3, 0.4) is 0 Å². The molecule has 0 spiro atoms. The summed E-state index contributed by atoms with van der Waals surface area (Å²) in [7, 11) is -0.345. The van der Waals surface area contributed by atoms with E-state index in [0.29, 0.717) is 0 Å². The molecule has 0 unspecified atom stereocenters. The van der Waals surface area contributed by atoms with E-state index in [2.05, 4.69) is 5.32 Å². The van der Waals surface area contributed by atoms with E-state index in [1.54, 1.807) is 20.8 Å². The summed E-state index contributed by atoms with van der Waals surface area (Å²) in [6.07, 6.45) is 1.31. The molecule has 1 atom stereocenters. The van der Waals surface area contributed by atoms with Crippen molar-refractivity contribution in [3.8, 4) is 0 Å². The molecule has 1 saturated carbocycles. The predicted octanol–water partition coefficient (Wildman–Crippen LogP) is 3.87. The number of carboxylic acid groups (broad SMARTS) is 1. The van der Waals surface area contributed by atoms with Gasteiger partial charge in [-0.2, -0.15) is 0 Å². The SMILES string of the molecule is CC(C)(C)OC(=O)N[C@@H](Cc1cccc(C2(B3OC(C)(C)C(C)(C)O3)CC2)c1)C(=O)O. The second-order valence-corrected chi connectivity index (χ2v) is 10.7. The molecule has 8 heteroatoms. The van der Waals surface area contributed by atoms with Gasteiger partial charge in [-0.25, -0.2) is 9.59 Å². The fraction of sp³-hybridized carbons (Fsp3) is 0.652. The highest BCUT2D eigenvalue weighted by molar-refractivity contribution is 6.51. The summed E-state index contributed by atoms with van der Waals surface area (Å²) in [5.41, 5.74) is 0.384. The molecule has 0 aromatic heterocycles. The first-order chi connectivity index (χ1) is 14.2. The van der Waals surface area contributed by atoms with Gasteiger partial charge in [0.25, 0.3) is 0 Å². The molecule has 0 bridgehead atoms. The summed E-state index contributed by atoms with van der Waals surface area (Å²) in [5, 5.41) is 11.8. The normalized spacial score (nSPS) is 22.0. The van der Waals surface area contributed by atoms with E-state index in [0.717, 1.165) is 24.0 Å². The van der Waals surface area contributed by atoms with E-state index < -0.39 is 34.9 Å². The van der Waals surface area contributed by atoms with Crippen molar-refractivity contribution in [3.05, 3.63) is 35.4 Å². The highest BCUT2D eigenvalue weighted by Gasteiger charge is 2.65. The van der Waals surface area contributed by atoms with Crippen molar-refractivity contribution in [1.29, 1.82) is 0 Å². The lowest BCUT2D eigenvalue weighted by molar-refractivity contribution is -0.139. The highest BCUT2D eigenvalue weighted by atomic mass is 16.7. The van der Waals surface area contributed by atoms with Gasteiger partial charge in [0.15, 0.2) is 0 Å². The van der Waals surface area contributed by atoms with Crippen LogP contribution in [0.5, 0.6) is 0 Å². The molecule has 1 aliphatic carbocycles. The van der Waals surface area contributed by atoms with Gasteiger partial charge in [-0.3, -0.25) is 0 Å². The van der Waals surface area contributed by atoms with Crippen LogP contribution >= 0.6 is 0 Å². The molecule has 1 aromatic carbocycles. The molecule has 1 saturated heterocycles. The maximum atomic E-state index is 12.1. The van der Waals surface area contributed by atoms with Crippen LogP contribution in [-0.2, 0) is 30.6 Å². The topological polar surface area (TPSA) is 94.1 Å². The summed E-state index contributed by atoms with van der Waals surface area (Å²) in [6.45, 7) is 13.4. The Morgan fingerprint density at radius 2 is 1.74 bits per heavy atom. The predicted molar refractivity (Wildman–Crippen MR) is 118 cm³/mol. The molecule has 2 N–H and O–H groups in total. The van der Waals surface area contributed by atoms with Crippen LogP contribution < -0.4 is 5.32 Å². The van der Waals surface area contributed by atoms with Crippen molar-refractivity contribution in [2.24, 2.45) is 0 Å². The number of benzene rings is 1. The first-order valence-corrected chi connectivity index (χ1v) is 10.8. The lowest BCUT2D eigenvalue weighted by Gasteiger charge is -2.32. The van der Waals surface area contributed by atoms with Crippen LogP contribution in [0.1, 0.15) is 72.4 Å². The molecule has 0 radical (unpaired) electrons. The molecule has 170 valence electrons. The first-order valence-electron chi connectivity index (χ1n) is 10.8. The van der Waals surface area contributed by atoms with E-state index in [-0.39, 0.29) is 18.9 Å². The number of carboxylic acids is 1. The number of ether oxygens (including phenoxy) is 1. The van der Waals surface area contributed by atoms with Gasteiger partial charge in [0.2, 0.25) is 0 Å². The Bertz CT molecular complexity index is 840. The van der Waals surface area contributed by atoms with Gasteiger partial charge in [0.1, 0.15) is 11.6 Å². The summed E-state index contributed by atoms with van der Waals surface area (Å²) in [5.74, 6) is -1.11. The highest BCUT2D eigenvalue weighted by Crippen LogP contribution is 2.55. The van der Waals surface area contributed by atoms with Gasteiger partial charge in [-0.15, -0.1) is 0 Å². The minimum atomic E-state index is -1.11. The van der Waals surface area contributed by atoms with E-state index >= 15 is 0 Å². The number of rotatable bonds is 6. The molecule has 2 aliphatic rings. The Morgan fingerprint density at radius 3 is 2.23 bits per heavy atom. The lowest BCUT2D eigenvalue weighted by Crippen LogP contribution is -2.44. The largest absolute Gasteiger partial charge is 0.480 e. The average Bonchev–Trinajstić information content (AvgIpc) is 3.36. The fourth-order valence-electron chi connectivity index (χ4n) is 3.76. The Balaban J connectivity index is 1.75. The van der Waals surface area contributed by atoms with Crippen LogP contribution in [-0.4, -0.2) is 47.1 Å². The third-order valence-corrected chi connectivity index (χ3v) is 6.42. The van der Waals surface area contributed by atoms with Crippen molar-refractivity contribution >= 4 is 19.2 Å². The summed E-state index contributed by atoms with van der Waals surface area (Å²) in [6, 6.07) is 6.75.